The van der Waals surface area contributed by atoms with Crippen LogP contribution in [0.5, 0.6) is 0 Å². The molecule has 1 heterocycles. The molecule has 2 atom stereocenters. The Hall–Kier alpha value is -0.410. The highest BCUT2D eigenvalue weighted by molar-refractivity contribution is 7.09. The Morgan fingerprint density at radius 1 is 1.64 bits per heavy atom. The Labute approximate surface area is 89.5 Å². The van der Waals surface area contributed by atoms with Gasteiger partial charge >= 0.3 is 0 Å². The van der Waals surface area contributed by atoms with Crippen LogP contribution in [0.25, 0.3) is 0 Å². The molecule has 0 amide bonds. The minimum atomic E-state index is 0.0346. The highest BCUT2D eigenvalue weighted by Crippen LogP contribution is 2.48. The van der Waals surface area contributed by atoms with Gasteiger partial charge in [0.05, 0.1) is 10.7 Å². The Balaban J connectivity index is 2.17. The second-order valence-corrected chi connectivity index (χ2v) is 5.87. The van der Waals surface area contributed by atoms with Gasteiger partial charge in [-0.3, -0.25) is 0 Å². The minimum absolute atomic E-state index is 0.0346. The summed E-state index contributed by atoms with van der Waals surface area (Å²) >= 11 is 1.80. The van der Waals surface area contributed by atoms with Crippen molar-refractivity contribution in [1.29, 1.82) is 0 Å². The van der Waals surface area contributed by atoms with Crippen LogP contribution in [-0.2, 0) is 5.41 Å². The van der Waals surface area contributed by atoms with Crippen molar-refractivity contribution < 1.29 is 0 Å². The first-order valence-corrected chi connectivity index (χ1v) is 6.08. The topological polar surface area (TPSA) is 38.9 Å². The van der Waals surface area contributed by atoms with Gasteiger partial charge in [0, 0.05) is 23.3 Å². The number of nitrogens with two attached hydrogens (primary N) is 1. The zero-order chi connectivity index (χ0) is 10.3. The molecule has 2 N–H and O–H groups in total. The van der Waals surface area contributed by atoms with Gasteiger partial charge in [-0.2, -0.15) is 0 Å². The van der Waals surface area contributed by atoms with E-state index in [1.807, 2.05) is 0 Å². The molecule has 2 unspecified atom stereocenters. The smallest absolute Gasteiger partial charge is 0.0962 e. The Kier molecular flexibility index (Phi) is 2.40. The number of nitrogens with zero attached hydrogens (tertiary/aromatic N) is 1. The van der Waals surface area contributed by atoms with Gasteiger partial charge in [0.15, 0.2) is 0 Å². The molecule has 2 nitrogen and oxygen atoms in total. The highest BCUT2D eigenvalue weighted by Gasteiger charge is 2.37. The molecule has 0 bridgehead atoms. The molecular formula is C11H18N2S. The SMILES string of the molecule is CC1CC1c1nc(C(C)(C)CN)cs1. The lowest BCUT2D eigenvalue weighted by Gasteiger charge is -2.19. The molecule has 0 aliphatic heterocycles. The molecule has 1 aromatic rings. The fraction of sp³-hybridized carbons (Fsp3) is 0.727. The molecule has 1 fully saturated rings. The molecule has 1 aliphatic rings. The first kappa shape index (κ1) is 10.1. The number of hydrogen-bond donors (Lipinski definition) is 1. The Morgan fingerprint density at radius 2 is 2.29 bits per heavy atom. The zero-order valence-electron chi connectivity index (χ0n) is 9.08. The van der Waals surface area contributed by atoms with Crippen molar-refractivity contribution in [2.24, 2.45) is 11.7 Å². The fourth-order valence-corrected chi connectivity index (χ4v) is 2.80. The van der Waals surface area contributed by atoms with E-state index >= 15 is 0 Å². The Bertz CT molecular complexity index is 330. The number of aromatic nitrogens is 1. The summed E-state index contributed by atoms with van der Waals surface area (Å²) in [5.74, 6) is 1.58. The van der Waals surface area contributed by atoms with E-state index in [4.69, 9.17) is 10.7 Å². The third-order valence-corrected chi connectivity index (χ3v) is 4.13. The van der Waals surface area contributed by atoms with Crippen LogP contribution in [0.3, 0.4) is 0 Å². The third kappa shape index (κ3) is 1.71. The van der Waals surface area contributed by atoms with Crippen LogP contribution in [0.4, 0.5) is 0 Å². The van der Waals surface area contributed by atoms with E-state index in [-0.39, 0.29) is 5.41 Å². The highest BCUT2D eigenvalue weighted by atomic mass is 32.1. The van der Waals surface area contributed by atoms with Gasteiger partial charge < -0.3 is 5.73 Å². The molecule has 14 heavy (non-hydrogen) atoms. The molecule has 78 valence electrons. The average Bonchev–Trinajstić information content (AvgIpc) is 2.70. The summed E-state index contributed by atoms with van der Waals surface area (Å²) in [5, 5.41) is 3.49. The lowest BCUT2D eigenvalue weighted by atomic mass is 9.90. The number of thiazole rings is 1. The van der Waals surface area contributed by atoms with Crippen molar-refractivity contribution in [2.45, 2.75) is 38.5 Å². The maximum atomic E-state index is 5.73. The van der Waals surface area contributed by atoms with E-state index in [2.05, 4.69) is 26.2 Å². The molecule has 1 aliphatic carbocycles. The predicted octanol–water partition coefficient (Wildman–Crippen LogP) is 2.50. The summed E-state index contributed by atoms with van der Waals surface area (Å²) < 4.78 is 0. The van der Waals surface area contributed by atoms with Crippen LogP contribution in [0.1, 0.15) is 43.8 Å². The molecule has 0 spiro atoms. The minimum Gasteiger partial charge on any atom is -0.330 e. The van der Waals surface area contributed by atoms with Gasteiger partial charge in [-0.05, 0) is 12.3 Å². The first-order chi connectivity index (χ1) is 6.54. The zero-order valence-corrected chi connectivity index (χ0v) is 9.90. The van der Waals surface area contributed by atoms with E-state index < -0.39 is 0 Å². The number of hydrogen-bond acceptors (Lipinski definition) is 3. The summed E-state index contributed by atoms with van der Waals surface area (Å²) in [6, 6.07) is 0. The van der Waals surface area contributed by atoms with Gasteiger partial charge in [-0.15, -0.1) is 11.3 Å². The largest absolute Gasteiger partial charge is 0.330 e. The summed E-state index contributed by atoms with van der Waals surface area (Å²) in [6.45, 7) is 7.26. The molecule has 0 saturated heterocycles. The van der Waals surface area contributed by atoms with Crippen molar-refractivity contribution in [3.8, 4) is 0 Å². The predicted molar refractivity (Wildman–Crippen MR) is 60.7 cm³/mol. The standard InChI is InChI=1S/C11H18N2S/c1-7-4-8(7)10-13-9(5-14-10)11(2,3)6-12/h5,7-8H,4,6,12H2,1-3H3. The third-order valence-electron chi connectivity index (χ3n) is 3.15. The van der Waals surface area contributed by atoms with Crippen LogP contribution in [0.15, 0.2) is 5.38 Å². The van der Waals surface area contributed by atoms with Crippen molar-refractivity contribution >= 4 is 11.3 Å². The number of rotatable bonds is 3. The summed E-state index contributed by atoms with van der Waals surface area (Å²) in [5.41, 5.74) is 6.93. The van der Waals surface area contributed by atoms with Gasteiger partial charge in [0.2, 0.25) is 0 Å². The first-order valence-electron chi connectivity index (χ1n) is 5.20. The van der Waals surface area contributed by atoms with Crippen LogP contribution in [0.2, 0.25) is 0 Å². The Morgan fingerprint density at radius 3 is 2.79 bits per heavy atom. The van der Waals surface area contributed by atoms with Crippen LogP contribution < -0.4 is 5.73 Å². The van der Waals surface area contributed by atoms with E-state index in [0.29, 0.717) is 6.54 Å². The van der Waals surface area contributed by atoms with Gasteiger partial charge in [-0.1, -0.05) is 20.8 Å². The molecule has 1 saturated carbocycles. The summed E-state index contributed by atoms with van der Waals surface area (Å²) in [4.78, 5) is 4.70. The molecule has 0 aromatic carbocycles. The van der Waals surface area contributed by atoms with Crippen LogP contribution >= 0.6 is 11.3 Å². The van der Waals surface area contributed by atoms with E-state index in [0.717, 1.165) is 11.8 Å². The monoisotopic (exact) mass is 210 g/mol. The molecular weight excluding hydrogens is 192 g/mol. The van der Waals surface area contributed by atoms with Gasteiger partial charge in [0.1, 0.15) is 0 Å². The molecule has 0 radical (unpaired) electrons. The maximum Gasteiger partial charge on any atom is 0.0962 e. The second-order valence-electron chi connectivity index (χ2n) is 4.98. The molecule has 3 heteroatoms. The van der Waals surface area contributed by atoms with Crippen molar-refractivity contribution in [3.63, 3.8) is 0 Å². The van der Waals surface area contributed by atoms with Crippen molar-refractivity contribution in [2.75, 3.05) is 6.54 Å². The van der Waals surface area contributed by atoms with E-state index in [9.17, 15) is 0 Å². The van der Waals surface area contributed by atoms with Gasteiger partial charge in [-0.25, -0.2) is 4.98 Å². The lowest BCUT2D eigenvalue weighted by molar-refractivity contribution is 0.523. The molecule has 1 aromatic heterocycles. The summed E-state index contributed by atoms with van der Waals surface area (Å²) in [7, 11) is 0. The molecule has 2 rings (SSSR count). The summed E-state index contributed by atoms with van der Waals surface area (Å²) in [6.07, 6.45) is 1.32. The van der Waals surface area contributed by atoms with E-state index in [1.54, 1.807) is 11.3 Å². The van der Waals surface area contributed by atoms with E-state index in [1.165, 1.54) is 17.1 Å². The van der Waals surface area contributed by atoms with Crippen molar-refractivity contribution in [1.82, 2.24) is 4.98 Å². The average molecular weight is 210 g/mol. The van der Waals surface area contributed by atoms with Crippen LogP contribution in [-0.4, -0.2) is 11.5 Å². The second kappa shape index (κ2) is 3.31. The lowest BCUT2D eigenvalue weighted by Crippen LogP contribution is -2.28. The maximum absolute atomic E-state index is 5.73. The van der Waals surface area contributed by atoms with Crippen LogP contribution in [0, 0.1) is 5.92 Å². The van der Waals surface area contributed by atoms with Gasteiger partial charge in [0.25, 0.3) is 0 Å². The fourth-order valence-electron chi connectivity index (χ4n) is 1.54. The quantitative estimate of drug-likeness (QED) is 0.832. The normalized spacial score (nSPS) is 26.6. The van der Waals surface area contributed by atoms with Crippen molar-refractivity contribution in [3.05, 3.63) is 16.1 Å².